The van der Waals surface area contributed by atoms with E-state index in [9.17, 15) is 5.11 Å². The third-order valence-corrected chi connectivity index (χ3v) is 4.28. The van der Waals surface area contributed by atoms with E-state index in [4.69, 9.17) is 4.74 Å². The summed E-state index contributed by atoms with van der Waals surface area (Å²) in [5.74, 6) is 0.656. The van der Waals surface area contributed by atoms with E-state index in [1.165, 1.54) is 0 Å². The van der Waals surface area contributed by atoms with Gasteiger partial charge in [-0.3, -0.25) is 4.90 Å². The highest BCUT2D eigenvalue weighted by atomic mass is 16.5. The minimum atomic E-state index is -0.440. The van der Waals surface area contributed by atoms with Crippen LogP contribution in [-0.4, -0.2) is 70.0 Å². The molecule has 0 aromatic carbocycles. The van der Waals surface area contributed by atoms with E-state index in [0.717, 1.165) is 5.52 Å². The Balaban J connectivity index is 1.75. The Morgan fingerprint density at radius 2 is 2.48 bits per heavy atom. The van der Waals surface area contributed by atoms with E-state index in [1.54, 1.807) is 6.20 Å². The summed E-state index contributed by atoms with van der Waals surface area (Å²) < 4.78 is 5.62. The van der Waals surface area contributed by atoms with Gasteiger partial charge in [0, 0.05) is 18.8 Å². The number of fused-ring (bicyclic) bond motifs is 1. The molecule has 1 aliphatic rings. The third-order valence-electron chi connectivity index (χ3n) is 4.28. The number of morpholine rings is 1. The number of aliphatic hydroxyl groups is 1. The number of anilines is 1. The molecule has 3 heterocycles. The lowest BCUT2D eigenvalue weighted by Gasteiger charge is -2.47. The van der Waals surface area contributed by atoms with Crippen molar-refractivity contribution in [2.75, 3.05) is 38.7 Å². The fourth-order valence-corrected chi connectivity index (χ4v) is 2.67. The van der Waals surface area contributed by atoms with E-state index < -0.39 is 5.54 Å². The number of aromatic amines is 1. The van der Waals surface area contributed by atoms with Crippen LogP contribution >= 0.6 is 0 Å². The maximum Gasteiger partial charge on any atom is 0.202 e. The van der Waals surface area contributed by atoms with Crippen LogP contribution < -0.4 is 5.32 Å². The zero-order valence-electron chi connectivity index (χ0n) is 12.3. The van der Waals surface area contributed by atoms with Gasteiger partial charge in [-0.25, -0.2) is 4.98 Å². The standard InChI is InChI=1S/C14H21N5O2/c1-10-6-21-9-14(8-20,19(10)2)7-16-13-17-11-4-3-5-15-12(11)18-13/h3-5,10,20H,6-9H2,1-2H3,(H2,15,16,17,18)/t10-,14+/m1/s1. The number of H-pyrrole nitrogens is 1. The smallest absolute Gasteiger partial charge is 0.202 e. The van der Waals surface area contributed by atoms with Gasteiger partial charge in [-0.1, -0.05) is 0 Å². The zero-order valence-corrected chi connectivity index (χ0v) is 12.3. The number of aliphatic hydroxyl groups excluding tert-OH is 1. The summed E-state index contributed by atoms with van der Waals surface area (Å²) in [6, 6.07) is 4.06. The quantitative estimate of drug-likeness (QED) is 0.758. The molecule has 1 fully saturated rings. The molecule has 0 unspecified atom stereocenters. The number of likely N-dealkylation sites (N-methyl/N-ethyl adjacent to an activating group) is 1. The predicted molar refractivity (Wildman–Crippen MR) is 80.2 cm³/mol. The first-order valence-electron chi connectivity index (χ1n) is 7.11. The summed E-state index contributed by atoms with van der Waals surface area (Å²) in [4.78, 5) is 13.9. The monoisotopic (exact) mass is 291 g/mol. The van der Waals surface area contributed by atoms with Crippen LogP contribution in [0.4, 0.5) is 5.95 Å². The molecule has 21 heavy (non-hydrogen) atoms. The molecule has 7 nitrogen and oxygen atoms in total. The molecular formula is C14H21N5O2. The SMILES string of the molecule is C[C@@H]1COC[C@@](CO)(CNc2nc3ncccc3[nH]2)N1C. The number of imidazole rings is 1. The van der Waals surface area contributed by atoms with Crippen LogP contribution in [0.15, 0.2) is 18.3 Å². The molecule has 0 radical (unpaired) electrons. The zero-order chi connectivity index (χ0) is 14.9. The van der Waals surface area contributed by atoms with Crippen LogP contribution in [0.2, 0.25) is 0 Å². The van der Waals surface area contributed by atoms with Crippen LogP contribution in [0.5, 0.6) is 0 Å². The van der Waals surface area contributed by atoms with Gasteiger partial charge in [0.15, 0.2) is 5.65 Å². The second-order valence-corrected chi connectivity index (χ2v) is 5.67. The van der Waals surface area contributed by atoms with Crippen molar-refractivity contribution in [3.63, 3.8) is 0 Å². The van der Waals surface area contributed by atoms with Crippen molar-refractivity contribution in [3.05, 3.63) is 18.3 Å². The Labute approximate surface area is 123 Å². The molecular weight excluding hydrogens is 270 g/mol. The minimum Gasteiger partial charge on any atom is -0.394 e. The number of pyridine rings is 1. The van der Waals surface area contributed by atoms with Crippen LogP contribution in [0.3, 0.4) is 0 Å². The average Bonchev–Trinajstić information content (AvgIpc) is 2.92. The number of aromatic nitrogens is 3. The molecule has 2 aromatic rings. The Kier molecular flexibility index (Phi) is 3.79. The lowest BCUT2D eigenvalue weighted by Crippen LogP contribution is -2.64. The first kappa shape index (κ1) is 14.2. The molecule has 0 saturated carbocycles. The molecule has 114 valence electrons. The van der Waals surface area contributed by atoms with E-state index in [2.05, 4.69) is 32.1 Å². The first-order valence-corrected chi connectivity index (χ1v) is 7.11. The van der Waals surface area contributed by atoms with Crippen molar-refractivity contribution in [2.45, 2.75) is 18.5 Å². The van der Waals surface area contributed by atoms with Crippen molar-refractivity contribution < 1.29 is 9.84 Å². The summed E-state index contributed by atoms with van der Waals surface area (Å²) in [6.07, 6.45) is 1.71. The van der Waals surface area contributed by atoms with Gasteiger partial charge >= 0.3 is 0 Å². The molecule has 1 aliphatic heterocycles. The molecule has 2 atom stereocenters. The van der Waals surface area contributed by atoms with Gasteiger partial charge in [0.2, 0.25) is 5.95 Å². The van der Waals surface area contributed by atoms with E-state index in [0.29, 0.717) is 31.4 Å². The summed E-state index contributed by atoms with van der Waals surface area (Å²) in [5.41, 5.74) is 1.13. The molecule has 0 amide bonds. The summed E-state index contributed by atoms with van der Waals surface area (Å²) in [6.45, 7) is 3.85. The number of hydrogen-bond donors (Lipinski definition) is 3. The van der Waals surface area contributed by atoms with E-state index in [1.807, 2.05) is 19.2 Å². The maximum atomic E-state index is 9.84. The van der Waals surface area contributed by atoms with Crippen LogP contribution in [0.1, 0.15) is 6.92 Å². The van der Waals surface area contributed by atoms with Crippen LogP contribution in [-0.2, 0) is 4.74 Å². The van der Waals surface area contributed by atoms with Crippen molar-refractivity contribution in [1.82, 2.24) is 19.9 Å². The lowest BCUT2D eigenvalue weighted by atomic mass is 9.96. The molecule has 3 rings (SSSR count). The summed E-state index contributed by atoms with van der Waals surface area (Å²) >= 11 is 0. The van der Waals surface area contributed by atoms with Gasteiger partial charge in [0.1, 0.15) is 0 Å². The van der Waals surface area contributed by atoms with Crippen LogP contribution in [0.25, 0.3) is 11.2 Å². The largest absolute Gasteiger partial charge is 0.394 e. The van der Waals surface area contributed by atoms with Gasteiger partial charge in [-0.2, -0.15) is 4.98 Å². The van der Waals surface area contributed by atoms with Gasteiger partial charge in [0.05, 0.1) is 30.9 Å². The summed E-state index contributed by atoms with van der Waals surface area (Å²) in [7, 11) is 2.02. The van der Waals surface area contributed by atoms with Crippen molar-refractivity contribution in [1.29, 1.82) is 0 Å². The summed E-state index contributed by atoms with van der Waals surface area (Å²) in [5, 5.41) is 13.1. The average molecular weight is 291 g/mol. The Hall–Kier alpha value is -1.70. The fourth-order valence-electron chi connectivity index (χ4n) is 2.67. The molecule has 3 N–H and O–H groups in total. The number of ether oxygens (including phenoxy) is 1. The van der Waals surface area contributed by atoms with Crippen LogP contribution in [0, 0.1) is 0 Å². The number of nitrogens with zero attached hydrogens (tertiary/aromatic N) is 3. The highest BCUT2D eigenvalue weighted by molar-refractivity contribution is 5.72. The number of nitrogens with one attached hydrogen (secondary N) is 2. The topological polar surface area (TPSA) is 86.3 Å². The lowest BCUT2D eigenvalue weighted by molar-refractivity contribution is -0.101. The highest BCUT2D eigenvalue weighted by Gasteiger charge is 2.40. The second-order valence-electron chi connectivity index (χ2n) is 5.67. The Morgan fingerprint density at radius 3 is 3.24 bits per heavy atom. The van der Waals surface area contributed by atoms with E-state index >= 15 is 0 Å². The molecule has 0 spiro atoms. The number of rotatable bonds is 4. The molecule has 7 heteroatoms. The van der Waals surface area contributed by atoms with Crippen molar-refractivity contribution >= 4 is 17.1 Å². The predicted octanol–water partition coefficient (Wildman–Crippen LogP) is 0.451. The van der Waals surface area contributed by atoms with Gasteiger partial charge in [-0.15, -0.1) is 0 Å². The molecule has 2 aromatic heterocycles. The Bertz CT molecular complexity index is 583. The first-order chi connectivity index (χ1) is 10.1. The molecule has 1 saturated heterocycles. The molecule has 0 aliphatic carbocycles. The highest BCUT2D eigenvalue weighted by Crippen LogP contribution is 2.23. The van der Waals surface area contributed by atoms with Gasteiger partial charge < -0.3 is 20.1 Å². The minimum absolute atomic E-state index is 0.0271. The fraction of sp³-hybridized carbons (Fsp3) is 0.571. The molecule has 0 bridgehead atoms. The van der Waals surface area contributed by atoms with E-state index in [-0.39, 0.29) is 12.6 Å². The van der Waals surface area contributed by atoms with Crippen molar-refractivity contribution in [2.24, 2.45) is 0 Å². The Morgan fingerprint density at radius 1 is 1.62 bits per heavy atom. The second kappa shape index (κ2) is 5.59. The van der Waals surface area contributed by atoms with Gasteiger partial charge in [-0.05, 0) is 26.1 Å². The van der Waals surface area contributed by atoms with Gasteiger partial charge in [0.25, 0.3) is 0 Å². The number of hydrogen-bond acceptors (Lipinski definition) is 6. The third kappa shape index (κ3) is 2.59. The maximum absolute atomic E-state index is 9.84. The normalized spacial score (nSPS) is 27.1. The van der Waals surface area contributed by atoms with Crippen molar-refractivity contribution in [3.8, 4) is 0 Å².